The number of phenols is 1. The van der Waals surface area contributed by atoms with Gasteiger partial charge in [0.05, 0.1) is 22.7 Å². The molecule has 0 aliphatic carbocycles. The molecular formula is C24H28N3O4+. The Kier molecular flexibility index (Phi) is 4.57. The van der Waals surface area contributed by atoms with Crippen LogP contribution in [0.2, 0.25) is 0 Å². The third-order valence-corrected chi connectivity index (χ3v) is 7.53. The Hall–Kier alpha value is -2.90. The van der Waals surface area contributed by atoms with E-state index in [0.29, 0.717) is 40.7 Å². The summed E-state index contributed by atoms with van der Waals surface area (Å²) in [5.74, 6) is 0.589. The lowest BCUT2D eigenvalue weighted by Gasteiger charge is -2.43. The Morgan fingerprint density at radius 3 is 2.52 bits per heavy atom. The maximum absolute atomic E-state index is 12.6. The fraction of sp³-hybridized carbons (Fsp3) is 0.417. The summed E-state index contributed by atoms with van der Waals surface area (Å²) in [6, 6.07) is 6.86. The van der Waals surface area contributed by atoms with E-state index in [2.05, 4.69) is 36.8 Å². The molecule has 31 heavy (non-hydrogen) atoms. The lowest BCUT2D eigenvalue weighted by atomic mass is 9.75. The van der Waals surface area contributed by atoms with Crippen molar-refractivity contribution in [2.45, 2.75) is 39.4 Å². The van der Waals surface area contributed by atoms with E-state index >= 15 is 0 Å². The minimum atomic E-state index is -0.400. The fourth-order valence-electron chi connectivity index (χ4n) is 5.35. The number of amides is 2. The molecule has 0 saturated carbocycles. The molecule has 1 saturated heterocycles. The lowest BCUT2D eigenvalue weighted by molar-refractivity contribution is -0.397. The van der Waals surface area contributed by atoms with Gasteiger partial charge in [0.25, 0.3) is 11.8 Å². The molecule has 7 heteroatoms. The molecule has 5 atom stereocenters. The van der Waals surface area contributed by atoms with Crippen molar-refractivity contribution in [3.63, 3.8) is 0 Å². The van der Waals surface area contributed by atoms with Crippen LogP contribution in [0.3, 0.4) is 0 Å². The van der Waals surface area contributed by atoms with Gasteiger partial charge >= 0.3 is 0 Å². The largest absolute Gasteiger partial charge is 0.508 e. The average molecular weight is 423 g/mol. The zero-order valence-electron chi connectivity index (χ0n) is 18.0. The molecule has 5 rings (SSSR count). The quantitative estimate of drug-likeness (QED) is 0.485. The van der Waals surface area contributed by atoms with Gasteiger partial charge in [-0.05, 0) is 47.6 Å². The van der Waals surface area contributed by atoms with Gasteiger partial charge in [-0.25, -0.2) is 0 Å². The normalized spacial score (nSPS) is 28.3. The van der Waals surface area contributed by atoms with E-state index in [9.17, 15) is 14.7 Å². The predicted octanol–water partition coefficient (Wildman–Crippen LogP) is 2.37. The van der Waals surface area contributed by atoms with Crippen molar-refractivity contribution < 1.29 is 25.2 Å². The van der Waals surface area contributed by atoms with Gasteiger partial charge in [0, 0.05) is 22.7 Å². The minimum Gasteiger partial charge on any atom is -0.508 e. The standard InChI is InChI=1S/C24H27N3O4/c1-10-11(2)18(31-19(9-25)12(10)3)7-13-6-16-21(24(30)27-23(16)29)20-15-8-14(28)4-5-17(15)26-22(13)20/h4-6,8,10-12,18-19,26,28H,7,9,25H2,1-3H3,(H,27,29,30)/p+1/t10-,11-,12+,18?,19-/m1/s1. The molecule has 7 nitrogen and oxygen atoms in total. The zero-order chi connectivity index (χ0) is 22.0. The van der Waals surface area contributed by atoms with Gasteiger partial charge in [-0.15, -0.1) is 0 Å². The number of phenolic OH excluding ortho intramolecular Hbond substituents is 1. The number of benzene rings is 2. The fourth-order valence-corrected chi connectivity index (χ4v) is 5.35. The highest BCUT2D eigenvalue weighted by molar-refractivity contribution is 6.30. The molecular weight excluding hydrogens is 394 g/mol. The molecule has 1 aromatic heterocycles. The highest BCUT2D eigenvalue weighted by Crippen LogP contribution is 2.40. The van der Waals surface area contributed by atoms with E-state index in [1.807, 2.05) is 6.07 Å². The second-order valence-corrected chi connectivity index (χ2v) is 9.13. The van der Waals surface area contributed by atoms with Gasteiger partial charge in [-0.3, -0.25) is 14.9 Å². The summed E-state index contributed by atoms with van der Waals surface area (Å²) in [5, 5.41) is 13.9. The van der Waals surface area contributed by atoms with Gasteiger partial charge < -0.3 is 20.6 Å². The molecule has 162 valence electrons. The Morgan fingerprint density at radius 2 is 1.77 bits per heavy atom. The van der Waals surface area contributed by atoms with Crippen molar-refractivity contribution >= 4 is 33.6 Å². The van der Waals surface area contributed by atoms with Crippen molar-refractivity contribution in [3.05, 3.63) is 41.0 Å². The minimum absolute atomic E-state index is 0.0146. The Bertz CT molecular complexity index is 1230. The number of quaternary nitrogens is 1. The van der Waals surface area contributed by atoms with Crippen molar-refractivity contribution in [2.24, 2.45) is 17.8 Å². The Balaban J connectivity index is 1.69. The topological polar surface area (TPSA) is 119 Å². The molecule has 0 bridgehead atoms. The van der Waals surface area contributed by atoms with Crippen LogP contribution in [-0.2, 0) is 11.2 Å². The maximum Gasteiger partial charge on any atom is 0.259 e. The van der Waals surface area contributed by atoms with Gasteiger partial charge in [0.2, 0.25) is 0 Å². The van der Waals surface area contributed by atoms with E-state index in [4.69, 9.17) is 4.74 Å². The summed E-state index contributed by atoms with van der Waals surface area (Å²) in [4.78, 5) is 28.5. The predicted molar refractivity (Wildman–Crippen MR) is 117 cm³/mol. The molecule has 2 aromatic carbocycles. The zero-order valence-corrected chi connectivity index (χ0v) is 18.0. The number of rotatable bonds is 3. The Morgan fingerprint density at radius 1 is 1.03 bits per heavy atom. The molecule has 6 N–H and O–H groups in total. The van der Waals surface area contributed by atoms with Crippen LogP contribution in [0.1, 0.15) is 47.1 Å². The number of ether oxygens (including phenoxy) is 1. The SMILES string of the molecule is C[C@H]1[C@H](C)[C@@H](C)C(Cc2cc3c(c4c2[nH]c2ccc(O)cc24)C(=O)NC3=O)O[C@@H]1C[NH3+]. The van der Waals surface area contributed by atoms with Gasteiger partial charge in [0.1, 0.15) is 18.4 Å². The van der Waals surface area contributed by atoms with Crippen LogP contribution in [-0.4, -0.2) is 40.7 Å². The first-order chi connectivity index (χ1) is 14.8. The van der Waals surface area contributed by atoms with Gasteiger partial charge in [-0.2, -0.15) is 0 Å². The van der Waals surface area contributed by atoms with Crippen molar-refractivity contribution in [1.82, 2.24) is 10.3 Å². The number of aromatic nitrogens is 1. The van der Waals surface area contributed by atoms with Crippen molar-refractivity contribution in [2.75, 3.05) is 6.54 Å². The monoisotopic (exact) mass is 422 g/mol. The molecule has 3 heterocycles. The third-order valence-electron chi connectivity index (χ3n) is 7.53. The third kappa shape index (κ3) is 2.95. The number of hydrogen-bond donors (Lipinski definition) is 4. The molecule has 2 amide bonds. The number of hydrogen-bond acceptors (Lipinski definition) is 4. The highest BCUT2D eigenvalue weighted by atomic mass is 16.5. The second-order valence-electron chi connectivity index (χ2n) is 9.13. The lowest BCUT2D eigenvalue weighted by Crippen LogP contribution is -2.61. The van der Waals surface area contributed by atoms with Crippen LogP contribution < -0.4 is 11.1 Å². The van der Waals surface area contributed by atoms with Crippen LogP contribution in [0.5, 0.6) is 5.75 Å². The number of aromatic amines is 1. The van der Waals surface area contributed by atoms with E-state index in [1.165, 1.54) is 0 Å². The van der Waals surface area contributed by atoms with Crippen molar-refractivity contribution in [3.8, 4) is 5.75 Å². The summed E-state index contributed by atoms with van der Waals surface area (Å²) >= 11 is 0. The smallest absolute Gasteiger partial charge is 0.259 e. The second kappa shape index (κ2) is 7.07. The first-order valence-electron chi connectivity index (χ1n) is 10.9. The van der Waals surface area contributed by atoms with Crippen LogP contribution in [0.25, 0.3) is 21.8 Å². The first-order valence-corrected chi connectivity index (χ1v) is 10.9. The number of aromatic hydroxyl groups is 1. The number of imide groups is 1. The molecule has 1 unspecified atom stereocenters. The molecule has 3 aromatic rings. The van der Waals surface area contributed by atoms with E-state index < -0.39 is 5.91 Å². The molecule has 2 aliphatic heterocycles. The first kappa shape index (κ1) is 20.0. The van der Waals surface area contributed by atoms with Crippen LogP contribution in [0.4, 0.5) is 0 Å². The average Bonchev–Trinajstić information content (AvgIpc) is 3.25. The molecule has 0 spiro atoms. The van der Waals surface area contributed by atoms with Gasteiger partial charge in [0.15, 0.2) is 0 Å². The highest BCUT2D eigenvalue weighted by Gasteiger charge is 2.40. The number of carbonyl (C=O) groups excluding carboxylic acids is 2. The number of H-pyrrole nitrogens is 1. The van der Waals surface area contributed by atoms with E-state index in [1.54, 1.807) is 18.2 Å². The summed E-state index contributed by atoms with van der Waals surface area (Å²) in [6.45, 7) is 7.43. The van der Waals surface area contributed by atoms with Crippen LogP contribution >= 0.6 is 0 Å². The van der Waals surface area contributed by atoms with E-state index in [0.717, 1.165) is 28.5 Å². The number of nitrogens with one attached hydrogen (secondary N) is 2. The summed E-state index contributed by atoms with van der Waals surface area (Å²) in [6.07, 6.45) is 0.712. The summed E-state index contributed by atoms with van der Waals surface area (Å²) in [5.41, 5.74) is 7.39. The maximum atomic E-state index is 12.6. The van der Waals surface area contributed by atoms with Crippen LogP contribution in [0, 0.1) is 17.8 Å². The Labute approximate surface area is 179 Å². The molecule has 2 aliphatic rings. The molecule has 0 radical (unpaired) electrons. The van der Waals surface area contributed by atoms with Crippen molar-refractivity contribution in [1.29, 1.82) is 0 Å². The number of carbonyl (C=O) groups is 2. The number of fused-ring (bicyclic) bond motifs is 5. The summed E-state index contributed by atoms with van der Waals surface area (Å²) < 4.78 is 6.46. The summed E-state index contributed by atoms with van der Waals surface area (Å²) in [7, 11) is 0. The molecule has 1 fully saturated rings. The van der Waals surface area contributed by atoms with Crippen LogP contribution in [0.15, 0.2) is 24.3 Å². The van der Waals surface area contributed by atoms with E-state index in [-0.39, 0.29) is 23.9 Å². The van der Waals surface area contributed by atoms with Gasteiger partial charge in [-0.1, -0.05) is 20.8 Å².